The molecule has 1 N–H and O–H groups in total. The summed E-state index contributed by atoms with van der Waals surface area (Å²) in [6, 6.07) is 27.2. The molecule has 5 heteroatoms. The summed E-state index contributed by atoms with van der Waals surface area (Å²) in [6.45, 7) is 0.436. The van der Waals surface area contributed by atoms with Gasteiger partial charge in [-0.25, -0.2) is 10.0 Å². The highest BCUT2D eigenvalue weighted by Gasteiger charge is 2.26. The summed E-state index contributed by atoms with van der Waals surface area (Å²) in [4.78, 5) is 17.7. The lowest BCUT2D eigenvalue weighted by Crippen LogP contribution is -2.49. The SMILES string of the molecule is COc1ccc(/C=C2\N=C(c3ccccc3)NN(Cc3ccccc3)C2=O)cc1. The summed E-state index contributed by atoms with van der Waals surface area (Å²) in [6.07, 6.45) is 1.80. The molecule has 4 rings (SSSR count). The minimum absolute atomic E-state index is 0.177. The number of amides is 1. The smallest absolute Gasteiger partial charge is 0.291 e. The Morgan fingerprint density at radius 3 is 2.24 bits per heavy atom. The third kappa shape index (κ3) is 4.35. The van der Waals surface area contributed by atoms with Gasteiger partial charge in [0.05, 0.1) is 13.7 Å². The molecule has 1 aliphatic rings. The Morgan fingerprint density at radius 1 is 0.931 bits per heavy atom. The van der Waals surface area contributed by atoms with E-state index in [1.54, 1.807) is 18.2 Å². The van der Waals surface area contributed by atoms with Crippen molar-refractivity contribution in [3.05, 3.63) is 107 Å². The maximum absolute atomic E-state index is 13.1. The van der Waals surface area contributed by atoms with Crippen molar-refractivity contribution in [2.45, 2.75) is 6.54 Å². The maximum atomic E-state index is 13.1. The Balaban J connectivity index is 1.70. The molecule has 0 saturated heterocycles. The van der Waals surface area contributed by atoms with Crippen molar-refractivity contribution in [2.24, 2.45) is 4.99 Å². The molecular formula is C24H21N3O2. The van der Waals surface area contributed by atoms with Crippen LogP contribution in [0.4, 0.5) is 0 Å². The van der Waals surface area contributed by atoms with Crippen LogP contribution >= 0.6 is 0 Å². The summed E-state index contributed by atoms with van der Waals surface area (Å²) >= 11 is 0. The van der Waals surface area contributed by atoms with E-state index in [-0.39, 0.29) is 5.91 Å². The zero-order chi connectivity index (χ0) is 20.1. The fourth-order valence-electron chi connectivity index (χ4n) is 3.06. The maximum Gasteiger partial charge on any atom is 0.291 e. The fourth-order valence-corrected chi connectivity index (χ4v) is 3.06. The van der Waals surface area contributed by atoms with Gasteiger partial charge in [-0.2, -0.15) is 0 Å². The lowest BCUT2D eigenvalue weighted by atomic mass is 10.1. The molecule has 0 bridgehead atoms. The van der Waals surface area contributed by atoms with E-state index < -0.39 is 0 Å². The number of carbonyl (C=O) groups excluding carboxylic acids is 1. The molecule has 0 aliphatic carbocycles. The largest absolute Gasteiger partial charge is 0.497 e. The van der Waals surface area contributed by atoms with Crippen LogP contribution in [0.5, 0.6) is 5.75 Å². The second-order valence-electron chi connectivity index (χ2n) is 6.62. The molecule has 0 unspecified atom stereocenters. The summed E-state index contributed by atoms with van der Waals surface area (Å²) in [7, 11) is 1.63. The Morgan fingerprint density at radius 2 is 1.59 bits per heavy atom. The number of nitrogens with one attached hydrogen (secondary N) is 1. The van der Waals surface area contributed by atoms with Crippen molar-refractivity contribution in [3.63, 3.8) is 0 Å². The standard InChI is InChI=1S/C24H21N3O2/c1-29-21-14-12-18(13-15-21)16-22-24(28)27(17-19-8-4-2-5-9-19)26-23(25-22)20-10-6-3-7-11-20/h2-16H,17H2,1H3,(H,25,26)/b22-16-. The molecule has 0 saturated carbocycles. The van der Waals surface area contributed by atoms with E-state index in [9.17, 15) is 4.79 Å². The molecule has 5 nitrogen and oxygen atoms in total. The van der Waals surface area contributed by atoms with Gasteiger partial charge in [0.25, 0.3) is 5.91 Å². The topological polar surface area (TPSA) is 53.9 Å². The monoisotopic (exact) mass is 383 g/mol. The van der Waals surface area contributed by atoms with Crippen LogP contribution in [0.1, 0.15) is 16.7 Å². The molecule has 0 aromatic heterocycles. The summed E-state index contributed by atoms with van der Waals surface area (Å²) in [5, 5.41) is 1.60. The molecule has 1 heterocycles. The number of aliphatic imine (C=N–C) groups is 1. The summed E-state index contributed by atoms with van der Waals surface area (Å²) < 4.78 is 5.21. The predicted molar refractivity (Wildman–Crippen MR) is 114 cm³/mol. The Hall–Kier alpha value is -3.86. The number of hydrogen-bond acceptors (Lipinski definition) is 4. The summed E-state index contributed by atoms with van der Waals surface area (Å²) in [5.41, 5.74) is 6.38. The number of rotatable bonds is 5. The number of nitrogens with zero attached hydrogens (tertiary/aromatic N) is 2. The van der Waals surface area contributed by atoms with Gasteiger partial charge in [-0.15, -0.1) is 0 Å². The number of hydrazine groups is 1. The molecule has 0 spiro atoms. The van der Waals surface area contributed by atoms with E-state index in [1.165, 1.54) is 0 Å². The number of amidine groups is 1. The minimum atomic E-state index is -0.177. The van der Waals surface area contributed by atoms with Gasteiger partial charge < -0.3 is 4.74 Å². The molecular weight excluding hydrogens is 362 g/mol. The molecule has 1 amide bonds. The van der Waals surface area contributed by atoms with Crippen LogP contribution in [-0.4, -0.2) is 23.9 Å². The zero-order valence-electron chi connectivity index (χ0n) is 16.1. The van der Waals surface area contributed by atoms with E-state index >= 15 is 0 Å². The predicted octanol–water partition coefficient (Wildman–Crippen LogP) is 4.03. The molecule has 0 fully saturated rings. The molecule has 0 radical (unpaired) electrons. The van der Waals surface area contributed by atoms with Crippen LogP contribution in [0.3, 0.4) is 0 Å². The first kappa shape index (κ1) is 18.5. The average Bonchev–Trinajstić information content (AvgIpc) is 2.78. The second kappa shape index (κ2) is 8.44. The molecule has 3 aromatic carbocycles. The van der Waals surface area contributed by atoms with Crippen LogP contribution in [0.15, 0.2) is 95.6 Å². The molecule has 3 aromatic rings. The number of benzene rings is 3. The minimum Gasteiger partial charge on any atom is -0.497 e. The first-order chi connectivity index (χ1) is 14.2. The molecule has 1 aliphatic heterocycles. The Kier molecular flexibility index (Phi) is 5.38. The lowest BCUT2D eigenvalue weighted by Gasteiger charge is -2.29. The normalized spacial score (nSPS) is 15.1. The van der Waals surface area contributed by atoms with Gasteiger partial charge >= 0.3 is 0 Å². The van der Waals surface area contributed by atoms with Crippen LogP contribution in [0, 0.1) is 0 Å². The number of hydrogen-bond donors (Lipinski definition) is 1. The molecule has 29 heavy (non-hydrogen) atoms. The first-order valence-electron chi connectivity index (χ1n) is 9.35. The van der Waals surface area contributed by atoms with E-state index in [0.29, 0.717) is 18.1 Å². The van der Waals surface area contributed by atoms with Gasteiger partial charge in [0.15, 0.2) is 5.84 Å². The second-order valence-corrected chi connectivity index (χ2v) is 6.62. The van der Waals surface area contributed by atoms with E-state index in [0.717, 1.165) is 22.4 Å². The van der Waals surface area contributed by atoms with Gasteiger partial charge in [-0.3, -0.25) is 10.2 Å². The Labute approximate surface area is 169 Å². The van der Waals surface area contributed by atoms with Crippen molar-refractivity contribution in [1.29, 1.82) is 0 Å². The van der Waals surface area contributed by atoms with E-state index in [2.05, 4.69) is 10.4 Å². The van der Waals surface area contributed by atoms with Crippen LogP contribution < -0.4 is 10.2 Å². The van der Waals surface area contributed by atoms with Gasteiger partial charge in [0.1, 0.15) is 11.4 Å². The lowest BCUT2D eigenvalue weighted by molar-refractivity contribution is -0.130. The van der Waals surface area contributed by atoms with E-state index in [4.69, 9.17) is 4.74 Å². The van der Waals surface area contributed by atoms with Gasteiger partial charge in [0, 0.05) is 5.56 Å². The van der Waals surface area contributed by atoms with Crippen molar-refractivity contribution < 1.29 is 9.53 Å². The zero-order valence-corrected chi connectivity index (χ0v) is 16.1. The van der Waals surface area contributed by atoms with Crippen LogP contribution in [0.2, 0.25) is 0 Å². The summed E-state index contributed by atoms with van der Waals surface area (Å²) in [5.74, 6) is 1.23. The van der Waals surface area contributed by atoms with Crippen molar-refractivity contribution in [2.75, 3.05) is 7.11 Å². The van der Waals surface area contributed by atoms with Crippen LogP contribution in [-0.2, 0) is 11.3 Å². The van der Waals surface area contributed by atoms with Gasteiger partial charge in [-0.1, -0.05) is 72.8 Å². The van der Waals surface area contributed by atoms with Gasteiger partial charge in [-0.05, 0) is 29.3 Å². The van der Waals surface area contributed by atoms with Gasteiger partial charge in [0.2, 0.25) is 0 Å². The quantitative estimate of drug-likeness (QED) is 0.677. The third-order valence-electron chi connectivity index (χ3n) is 4.59. The average molecular weight is 383 g/mol. The van der Waals surface area contributed by atoms with Crippen molar-refractivity contribution in [1.82, 2.24) is 10.4 Å². The third-order valence-corrected chi connectivity index (χ3v) is 4.59. The fraction of sp³-hybridized carbons (Fsp3) is 0.0833. The highest BCUT2D eigenvalue weighted by atomic mass is 16.5. The first-order valence-corrected chi connectivity index (χ1v) is 9.35. The highest BCUT2D eigenvalue weighted by Crippen LogP contribution is 2.19. The van der Waals surface area contributed by atoms with Crippen molar-refractivity contribution >= 4 is 17.8 Å². The molecule has 0 atom stereocenters. The van der Waals surface area contributed by atoms with Crippen molar-refractivity contribution in [3.8, 4) is 5.75 Å². The highest BCUT2D eigenvalue weighted by molar-refractivity contribution is 6.09. The Bertz CT molecular complexity index is 1040. The van der Waals surface area contributed by atoms with E-state index in [1.807, 2.05) is 84.9 Å². The number of carbonyl (C=O) groups is 1. The van der Waals surface area contributed by atoms with Crippen LogP contribution in [0.25, 0.3) is 6.08 Å². The number of ether oxygens (including phenoxy) is 1. The number of methoxy groups -OCH3 is 1. The molecule has 144 valence electrons.